The van der Waals surface area contributed by atoms with Crippen LogP contribution in [0, 0.1) is 0 Å². The molecule has 44 heavy (non-hydrogen) atoms. The minimum atomic E-state index is -1.51. The predicted molar refractivity (Wildman–Crippen MR) is 158 cm³/mol. The quantitative estimate of drug-likeness (QED) is 0.336. The van der Waals surface area contributed by atoms with E-state index in [-0.39, 0.29) is 74.3 Å². The zero-order valence-corrected chi connectivity index (χ0v) is 25.0. The molecule has 0 bridgehead atoms. The first-order valence-electron chi connectivity index (χ1n) is 14.1. The molecule has 0 radical (unpaired) electrons. The number of urea groups is 1. The first-order chi connectivity index (χ1) is 21.0. The maximum atomic E-state index is 14.1. The fraction of sp³-hybridized carbons (Fsp3) is 0.414. The predicted octanol–water partition coefficient (Wildman–Crippen LogP) is 2.14. The second kappa shape index (κ2) is 12.6. The van der Waals surface area contributed by atoms with Gasteiger partial charge < -0.3 is 19.9 Å². The van der Waals surface area contributed by atoms with Crippen LogP contribution in [0.25, 0.3) is 11.2 Å². The van der Waals surface area contributed by atoms with Gasteiger partial charge in [-0.05, 0) is 37.6 Å². The van der Waals surface area contributed by atoms with Gasteiger partial charge in [0, 0.05) is 31.2 Å². The number of hydrogen-bond acceptors (Lipinski definition) is 8. The van der Waals surface area contributed by atoms with Gasteiger partial charge in [0.15, 0.2) is 11.5 Å². The van der Waals surface area contributed by atoms with Crippen LogP contribution in [-0.4, -0.2) is 93.1 Å². The number of anilines is 1. The molecule has 2 fully saturated rings. The highest BCUT2D eigenvalue weighted by molar-refractivity contribution is 6.30. The van der Waals surface area contributed by atoms with Crippen molar-refractivity contribution in [3.8, 4) is 0 Å². The van der Waals surface area contributed by atoms with E-state index in [1.807, 2.05) is 0 Å². The van der Waals surface area contributed by atoms with E-state index in [4.69, 9.17) is 16.3 Å². The highest BCUT2D eigenvalue weighted by atomic mass is 35.5. The van der Waals surface area contributed by atoms with E-state index in [0.29, 0.717) is 11.6 Å². The molecule has 0 unspecified atom stereocenters. The lowest BCUT2D eigenvalue weighted by atomic mass is 9.99. The number of ether oxygens (including phenoxy) is 1. The van der Waals surface area contributed by atoms with E-state index in [9.17, 15) is 28.4 Å². The normalized spacial score (nSPS) is 15.8. The first kappa shape index (κ1) is 30.9. The van der Waals surface area contributed by atoms with E-state index in [1.165, 1.54) is 33.9 Å². The number of carbonyl (C=O) groups excluding carboxylic acids is 4. The van der Waals surface area contributed by atoms with E-state index in [2.05, 4.69) is 15.3 Å². The van der Waals surface area contributed by atoms with Crippen molar-refractivity contribution in [1.82, 2.24) is 29.7 Å². The summed E-state index contributed by atoms with van der Waals surface area (Å²) in [5.41, 5.74) is -1.69. The summed E-state index contributed by atoms with van der Waals surface area (Å²) < 4.78 is 20.0. The molecule has 2 saturated heterocycles. The number of hydrogen-bond donors (Lipinski definition) is 1. The Morgan fingerprint density at radius 2 is 1.86 bits per heavy atom. The molecule has 0 saturated carbocycles. The van der Waals surface area contributed by atoms with Gasteiger partial charge in [0.2, 0.25) is 5.91 Å². The van der Waals surface area contributed by atoms with Crippen LogP contribution in [0.5, 0.6) is 0 Å². The van der Waals surface area contributed by atoms with Gasteiger partial charge in [-0.1, -0.05) is 23.7 Å². The van der Waals surface area contributed by atoms with Crippen molar-refractivity contribution in [3.63, 3.8) is 0 Å². The zero-order chi connectivity index (χ0) is 31.6. The maximum Gasteiger partial charge on any atom is 0.325 e. The second-order valence-electron chi connectivity index (χ2n) is 10.8. The van der Waals surface area contributed by atoms with Crippen LogP contribution in [0.1, 0.15) is 36.2 Å². The largest absolute Gasteiger partial charge is 0.466 e. The van der Waals surface area contributed by atoms with Crippen LogP contribution in [0.2, 0.25) is 5.02 Å². The standard InChI is InChI=1S/C29H31ClFN7O6/c1-3-44-24(40)8-9-35-10-11-37(28(35)43)22-14-32-25-21(34-22)12-20(26(41)33-13-18-4-6-19(30)7-5-18)27(42)38(25)15-23(39)36-16-29(2,31)17-36/h4-7,12,14H,3,8-11,13,15-17H2,1-2H3,(H,33,41). The zero-order valence-electron chi connectivity index (χ0n) is 24.2. The van der Waals surface area contributed by atoms with Gasteiger partial charge in [0.05, 0.1) is 32.3 Å². The molecule has 2 aromatic heterocycles. The Morgan fingerprint density at radius 1 is 1.14 bits per heavy atom. The fourth-order valence-corrected chi connectivity index (χ4v) is 5.20. The summed E-state index contributed by atoms with van der Waals surface area (Å²) in [5, 5.41) is 3.23. The molecule has 0 aliphatic carbocycles. The lowest BCUT2D eigenvalue weighted by Crippen LogP contribution is -2.60. The number of alkyl halides is 1. The molecule has 5 rings (SSSR count). The number of aromatic nitrogens is 3. The van der Waals surface area contributed by atoms with Gasteiger partial charge in [-0.25, -0.2) is 19.2 Å². The summed E-state index contributed by atoms with van der Waals surface area (Å²) in [6.07, 6.45) is 1.35. The van der Waals surface area contributed by atoms with Crippen LogP contribution in [0.3, 0.4) is 0 Å². The van der Waals surface area contributed by atoms with E-state index < -0.39 is 35.6 Å². The van der Waals surface area contributed by atoms with Gasteiger partial charge in [-0.2, -0.15) is 0 Å². The molecule has 232 valence electrons. The van der Waals surface area contributed by atoms with Gasteiger partial charge in [0.1, 0.15) is 23.3 Å². The molecular formula is C29H31ClFN7O6. The highest BCUT2D eigenvalue weighted by Crippen LogP contribution is 2.25. The Balaban J connectivity index is 1.43. The third-order valence-electron chi connectivity index (χ3n) is 7.34. The number of nitrogens with one attached hydrogen (secondary N) is 1. The third-order valence-corrected chi connectivity index (χ3v) is 7.59. The van der Waals surface area contributed by atoms with Crippen LogP contribution in [-0.2, 0) is 27.4 Å². The van der Waals surface area contributed by atoms with E-state index >= 15 is 0 Å². The van der Waals surface area contributed by atoms with Crippen molar-refractivity contribution >= 4 is 52.4 Å². The average Bonchev–Trinajstić information content (AvgIpc) is 3.35. The number of halogens is 2. The Labute approximate surface area is 256 Å². The van der Waals surface area contributed by atoms with E-state index in [1.54, 1.807) is 31.2 Å². The van der Waals surface area contributed by atoms with Gasteiger partial charge in [-0.3, -0.25) is 28.6 Å². The molecule has 0 atom stereocenters. The number of rotatable bonds is 10. The van der Waals surface area contributed by atoms with Crippen molar-refractivity contribution in [1.29, 1.82) is 0 Å². The molecule has 1 aromatic carbocycles. The number of carbonyl (C=O) groups is 4. The average molecular weight is 628 g/mol. The topological polar surface area (TPSA) is 147 Å². The van der Waals surface area contributed by atoms with Crippen LogP contribution >= 0.6 is 11.6 Å². The number of pyridine rings is 1. The molecule has 15 heteroatoms. The van der Waals surface area contributed by atoms with Crippen molar-refractivity contribution in [2.24, 2.45) is 0 Å². The molecule has 2 aliphatic rings. The lowest BCUT2D eigenvalue weighted by Gasteiger charge is -2.42. The molecule has 4 heterocycles. The number of benzene rings is 1. The minimum Gasteiger partial charge on any atom is -0.466 e. The molecule has 13 nitrogen and oxygen atoms in total. The van der Waals surface area contributed by atoms with Gasteiger partial charge >= 0.3 is 12.0 Å². The minimum absolute atomic E-state index is 0.0238. The Morgan fingerprint density at radius 3 is 2.55 bits per heavy atom. The van der Waals surface area contributed by atoms with Crippen molar-refractivity contribution in [2.75, 3.05) is 44.2 Å². The monoisotopic (exact) mass is 627 g/mol. The summed E-state index contributed by atoms with van der Waals surface area (Å²) in [6, 6.07) is 7.68. The number of nitrogens with zero attached hydrogens (tertiary/aromatic N) is 6. The molecule has 1 N–H and O–H groups in total. The molecule has 2 aliphatic heterocycles. The van der Waals surface area contributed by atoms with Crippen LogP contribution < -0.4 is 15.8 Å². The van der Waals surface area contributed by atoms with Gasteiger partial charge in [-0.15, -0.1) is 0 Å². The third kappa shape index (κ3) is 6.64. The Bertz CT molecular complexity index is 1670. The second-order valence-corrected chi connectivity index (χ2v) is 11.3. The molecular weight excluding hydrogens is 597 g/mol. The Kier molecular flexibility index (Phi) is 8.81. The fourth-order valence-electron chi connectivity index (χ4n) is 5.07. The van der Waals surface area contributed by atoms with Crippen molar-refractivity contribution < 1.29 is 28.3 Å². The summed E-state index contributed by atoms with van der Waals surface area (Å²) >= 11 is 5.93. The SMILES string of the molecule is CCOC(=O)CCN1CCN(c2cnc3c(cc(C(=O)NCc4ccc(Cl)cc4)c(=O)n3CC(=O)N3CC(C)(F)C3)n2)C1=O. The number of amides is 4. The van der Waals surface area contributed by atoms with Crippen LogP contribution in [0.15, 0.2) is 41.3 Å². The summed E-state index contributed by atoms with van der Waals surface area (Å²) in [5.74, 6) is -1.46. The molecule has 3 aromatic rings. The van der Waals surface area contributed by atoms with Gasteiger partial charge in [0.25, 0.3) is 11.5 Å². The summed E-state index contributed by atoms with van der Waals surface area (Å²) in [4.78, 5) is 77.6. The van der Waals surface area contributed by atoms with Crippen molar-refractivity contribution in [3.05, 3.63) is 63.0 Å². The summed E-state index contributed by atoms with van der Waals surface area (Å²) in [6.45, 7) is 3.51. The Hall–Kier alpha value is -4.59. The molecule has 0 spiro atoms. The smallest absolute Gasteiger partial charge is 0.325 e. The lowest BCUT2D eigenvalue weighted by molar-refractivity contribution is -0.145. The molecule has 4 amide bonds. The number of likely N-dealkylation sites (tertiary alicyclic amines) is 1. The number of fused-ring (bicyclic) bond motifs is 1. The highest BCUT2D eigenvalue weighted by Gasteiger charge is 2.41. The van der Waals surface area contributed by atoms with E-state index in [0.717, 1.165) is 10.1 Å². The first-order valence-corrected chi connectivity index (χ1v) is 14.5. The number of esters is 1. The maximum absolute atomic E-state index is 14.1. The van der Waals surface area contributed by atoms with Crippen molar-refractivity contribution in [2.45, 2.75) is 39.0 Å². The summed E-state index contributed by atoms with van der Waals surface area (Å²) in [7, 11) is 0. The van der Waals surface area contributed by atoms with Crippen LogP contribution in [0.4, 0.5) is 15.0 Å².